The van der Waals surface area contributed by atoms with Crippen molar-refractivity contribution in [2.75, 3.05) is 6.54 Å². The van der Waals surface area contributed by atoms with Crippen LogP contribution in [0, 0.1) is 0 Å². The monoisotopic (exact) mass is 335 g/mol. The van der Waals surface area contributed by atoms with Crippen molar-refractivity contribution >= 4 is 10.0 Å². The zero-order valence-electron chi connectivity index (χ0n) is 12.9. The number of nitrogens with one attached hydrogen (secondary N) is 1. The van der Waals surface area contributed by atoms with E-state index in [2.05, 4.69) is 9.88 Å². The van der Waals surface area contributed by atoms with Crippen LogP contribution in [0.1, 0.15) is 32.1 Å². The Morgan fingerprint density at radius 3 is 2.61 bits per heavy atom. The van der Waals surface area contributed by atoms with Gasteiger partial charge < -0.3 is 10.3 Å². The molecule has 0 atom stereocenters. The molecule has 1 aliphatic rings. The molecular weight excluding hydrogens is 314 g/mol. The second-order valence-corrected chi connectivity index (χ2v) is 7.86. The summed E-state index contributed by atoms with van der Waals surface area (Å²) in [4.78, 5) is 0.177. The van der Waals surface area contributed by atoms with Crippen LogP contribution in [0.15, 0.2) is 45.9 Å². The highest BCUT2D eigenvalue weighted by Gasteiger charge is 2.30. The lowest BCUT2D eigenvalue weighted by molar-refractivity contribution is 0.296. The first kappa shape index (κ1) is 16.2. The minimum absolute atomic E-state index is 0.177. The van der Waals surface area contributed by atoms with E-state index in [4.69, 9.17) is 10.3 Å². The predicted molar refractivity (Wildman–Crippen MR) is 87.1 cm³/mol. The van der Waals surface area contributed by atoms with E-state index < -0.39 is 15.6 Å². The highest BCUT2D eigenvalue weighted by Crippen LogP contribution is 2.28. The number of rotatable bonds is 5. The van der Waals surface area contributed by atoms with Crippen LogP contribution in [0.3, 0.4) is 0 Å². The van der Waals surface area contributed by atoms with Crippen LogP contribution >= 0.6 is 0 Å². The van der Waals surface area contributed by atoms with Crippen LogP contribution in [0.25, 0.3) is 11.3 Å². The van der Waals surface area contributed by atoms with Gasteiger partial charge in [0.2, 0.25) is 10.0 Å². The van der Waals surface area contributed by atoms with Crippen molar-refractivity contribution in [1.29, 1.82) is 0 Å². The summed E-state index contributed by atoms with van der Waals surface area (Å²) < 4.78 is 33.2. The molecule has 1 aromatic heterocycles. The van der Waals surface area contributed by atoms with Gasteiger partial charge in [-0.1, -0.05) is 36.6 Å². The molecule has 0 radical (unpaired) electrons. The summed E-state index contributed by atoms with van der Waals surface area (Å²) >= 11 is 0. The van der Waals surface area contributed by atoms with Crippen LogP contribution in [0.4, 0.5) is 0 Å². The molecular formula is C16H21N3O3S. The first-order chi connectivity index (χ1) is 11.0. The fraction of sp³-hybridized carbons (Fsp3) is 0.438. The Morgan fingerprint density at radius 1 is 1.17 bits per heavy atom. The molecule has 0 saturated heterocycles. The molecule has 0 amide bonds. The summed E-state index contributed by atoms with van der Waals surface area (Å²) in [6, 6.07) is 8.35. The zero-order chi connectivity index (χ0) is 16.3. The van der Waals surface area contributed by atoms with E-state index in [-0.39, 0.29) is 11.4 Å². The minimum atomic E-state index is -3.67. The van der Waals surface area contributed by atoms with E-state index in [0.717, 1.165) is 25.7 Å². The molecule has 124 valence electrons. The van der Waals surface area contributed by atoms with Crippen molar-refractivity contribution in [1.82, 2.24) is 9.88 Å². The first-order valence-electron chi connectivity index (χ1n) is 7.79. The van der Waals surface area contributed by atoms with Crippen LogP contribution in [-0.2, 0) is 10.0 Å². The van der Waals surface area contributed by atoms with Crippen LogP contribution in [0.2, 0.25) is 0 Å². The lowest BCUT2D eigenvalue weighted by Crippen LogP contribution is -2.51. The summed E-state index contributed by atoms with van der Waals surface area (Å²) in [5.41, 5.74) is 6.36. The Balaban J connectivity index is 1.83. The van der Waals surface area contributed by atoms with Crippen molar-refractivity contribution in [3.05, 3.63) is 36.5 Å². The summed E-state index contributed by atoms with van der Waals surface area (Å²) in [7, 11) is -3.67. The van der Waals surface area contributed by atoms with Crippen molar-refractivity contribution in [2.24, 2.45) is 5.73 Å². The molecule has 23 heavy (non-hydrogen) atoms. The molecule has 0 bridgehead atoms. The predicted octanol–water partition coefficient (Wildman–Crippen LogP) is 2.28. The number of sulfonamides is 1. The lowest BCUT2D eigenvalue weighted by atomic mass is 9.83. The SMILES string of the molecule is NC1(CNS(=O)(=O)c2ccccc2-c2ccno2)CCCCC1. The standard InChI is InChI=1S/C16H21N3O3S/c17-16(9-4-1-5-10-16)12-19-23(20,21)15-7-3-2-6-13(15)14-8-11-18-22-14/h2-3,6-8,11,19H,1,4-5,9-10,12,17H2. The topological polar surface area (TPSA) is 98.2 Å². The Bertz CT molecular complexity index is 751. The maximum Gasteiger partial charge on any atom is 0.241 e. The van der Waals surface area contributed by atoms with Crippen LogP contribution < -0.4 is 10.5 Å². The minimum Gasteiger partial charge on any atom is -0.356 e. The Hall–Kier alpha value is -1.70. The average Bonchev–Trinajstić information content (AvgIpc) is 3.08. The molecule has 3 N–H and O–H groups in total. The van der Waals surface area contributed by atoms with Gasteiger partial charge in [0.1, 0.15) is 0 Å². The molecule has 1 saturated carbocycles. The number of benzene rings is 1. The normalized spacial score (nSPS) is 18.0. The van der Waals surface area contributed by atoms with Gasteiger partial charge in [-0.3, -0.25) is 0 Å². The average molecular weight is 335 g/mol. The number of nitrogens with zero attached hydrogens (tertiary/aromatic N) is 1. The Labute approximate surface area is 136 Å². The number of hydrogen-bond acceptors (Lipinski definition) is 5. The summed E-state index contributed by atoms with van der Waals surface area (Å²) in [6.45, 7) is 0.250. The van der Waals surface area contributed by atoms with Gasteiger partial charge in [0.25, 0.3) is 0 Å². The summed E-state index contributed by atoms with van der Waals surface area (Å²) in [6.07, 6.45) is 6.45. The molecule has 0 aliphatic heterocycles. The molecule has 7 heteroatoms. The molecule has 0 unspecified atom stereocenters. The fourth-order valence-corrected chi connectivity index (χ4v) is 4.36. The van der Waals surface area contributed by atoms with Gasteiger partial charge in [-0.05, 0) is 25.0 Å². The van der Waals surface area contributed by atoms with E-state index in [1.165, 1.54) is 12.6 Å². The maximum atomic E-state index is 12.7. The van der Waals surface area contributed by atoms with Gasteiger partial charge in [0.15, 0.2) is 5.76 Å². The van der Waals surface area contributed by atoms with E-state index in [9.17, 15) is 8.42 Å². The highest BCUT2D eigenvalue weighted by molar-refractivity contribution is 7.89. The molecule has 1 fully saturated rings. The molecule has 0 spiro atoms. The van der Waals surface area contributed by atoms with Gasteiger partial charge in [-0.2, -0.15) is 0 Å². The maximum absolute atomic E-state index is 12.7. The smallest absolute Gasteiger partial charge is 0.241 e. The van der Waals surface area contributed by atoms with Gasteiger partial charge >= 0.3 is 0 Å². The van der Waals surface area contributed by atoms with Gasteiger partial charge in [-0.25, -0.2) is 13.1 Å². The van der Waals surface area contributed by atoms with E-state index in [0.29, 0.717) is 11.3 Å². The number of nitrogens with two attached hydrogens (primary N) is 1. The lowest BCUT2D eigenvalue weighted by Gasteiger charge is -2.33. The molecule has 1 aromatic carbocycles. The van der Waals surface area contributed by atoms with Crippen LogP contribution in [-0.4, -0.2) is 25.7 Å². The molecule has 2 aromatic rings. The van der Waals surface area contributed by atoms with Crippen molar-refractivity contribution in [3.8, 4) is 11.3 Å². The first-order valence-corrected chi connectivity index (χ1v) is 9.27. The van der Waals surface area contributed by atoms with E-state index in [1.54, 1.807) is 30.3 Å². The number of hydrogen-bond donors (Lipinski definition) is 2. The highest BCUT2D eigenvalue weighted by atomic mass is 32.2. The van der Waals surface area contributed by atoms with Crippen molar-refractivity contribution in [2.45, 2.75) is 42.5 Å². The molecule has 1 heterocycles. The third-order valence-electron chi connectivity index (χ3n) is 4.34. The second-order valence-electron chi connectivity index (χ2n) is 6.12. The largest absolute Gasteiger partial charge is 0.356 e. The van der Waals surface area contributed by atoms with Gasteiger partial charge in [0, 0.05) is 23.7 Å². The Kier molecular flexibility index (Phi) is 4.52. The summed E-state index contributed by atoms with van der Waals surface area (Å²) in [5, 5.41) is 3.64. The van der Waals surface area contributed by atoms with Gasteiger partial charge in [-0.15, -0.1) is 0 Å². The number of aromatic nitrogens is 1. The quantitative estimate of drug-likeness (QED) is 0.873. The van der Waals surface area contributed by atoms with E-state index in [1.807, 2.05) is 0 Å². The Morgan fingerprint density at radius 2 is 1.91 bits per heavy atom. The molecule has 3 rings (SSSR count). The third-order valence-corrected chi connectivity index (χ3v) is 5.80. The summed E-state index contributed by atoms with van der Waals surface area (Å²) in [5.74, 6) is 0.422. The van der Waals surface area contributed by atoms with Crippen LogP contribution in [0.5, 0.6) is 0 Å². The second kappa shape index (κ2) is 6.43. The molecule has 6 nitrogen and oxygen atoms in total. The third kappa shape index (κ3) is 3.63. The van der Waals surface area contributed by atoms with Crippen molar-refractivity contribution in [3.63, 3.8) is 0 Å². The van der Waals surface area contributed by atoms with E-state index >= 15 is 0 Å². The fourth-order valence-electron chi connectivity index (χ4n) is 3.01. The molecule has 1 aliphatic carbocycles. The van der Waals surface area contributed by atoms with Crippen molar-refractivity contribution < 1.29 is 12.9 Å². The zero-order valence-corrected chi connectivity index (χ0v) is 13.7. The van der Waals surface area contributed by atoms with Gasteiger partial charge in [0.05, 0.1) is 11.1 Å².